The van der Waals surface area contributed by atoms with Gasteiger partial charge in [0, 0.05) is 12.6 Å². The summed E-state index contributed by atoms with van der Waals surface area (Å²) in [6.45, 7) is 13.1. The molecule has 7 nitrogen and oxygen atoms in total. The van der Waals surface area contributed by atoms with E-state index in [0.29, 0.717) is 12.1 Å². The fourth-order valence-corrected chi connectivity index (χ4v) is 4.12. The molecule has 7 heteroatoms. The van der Waals surface area contributed by atoms with Crippen LogP contribution in [0.15, 0.2) is 61.2 Å². The van der Waals surface area contributed by atoms with Crippen LogP contribution in [0.1, 0.15) is 63.8 Å². The zero-order chi connectivity index (χ0) is 26.5. The van der Waals surface area contributed by atoms with Crippen LogP contribution in [0.2, 0.25) is 0 Å². The fourth-order valence-electron chi connectivity index (χ4n) is 4.12. The van der Waals surface area contributed by atoms with Crippen molar-refractivity contribution in [2.24, 2.45) is 5.92 Å². The third-order valence-corrected chi connectivity index (χ3v) is 6.08. The van der Waals surface area contributed by atoms with E-state index in [-0.39, 0.29) is 23.8 Å². The summed E-state index contributed by atoms with van der Waals surface area (Å²) in [5.41, 5.74) is 1.81. The van der Waals surface area contributed by atoms with Gasteiger partial charge in [-0.05, 0) is 62.8 Å². The van der Waals surface area contributed by atoms with Gasteiger partial charge in [-0.3, -0.25) is 9.59 Å². The Kier molecular flexibility index (Phi) is 8.56. The van der Waals surface area contributed by atoms with Crippen LogP contribution in [-0.2, 0) is 20.9 Å². The van der Waals surface area contributed by atoms with Gasteiger partial charge < -0.3 is 20.3 Å². The Morgan fingerprint density at radius 2 is 1.81 bits per heavy atom. The Bertz CT molecular complexity index is 1090. The largest absolute Gasteiger partial charge is 0.444 e. The highest BCUT2D eigenvalue weighted by Gasteiger charge is 2.47. The molecule has 0 radical (unpaired) electrons. The molecule has 0 aliphatic heterocycles. The minimum absolute atomic E-state index is 0.111. The second-order valence-corrected chi connectivity index (χ2v) is 10.4. The van der Waals surface area contributed by atoms with Crippen molar-refractivity contribution in [2.45, 2.75) is 71.3 Å². The van der Waals surface area contributed by atoms with Crippen LogP contribution in [0, 0.1) is 5.92 Å². The quantitative estimate of drug-likeness (QED) is 0.526. The average molecular weight is 492 g/mol. The van der Waals surface area contributed by atoms with Crippen molar-refractivity contribution < 1.29 is 19.1 Å². The molecule has 0 saturated heterocycles. The lowest BCUT2D eigenvalue weighted by Crippen LogP contribution is -2.53. The third-order valence-electron chi connectivity index (χ3n) is 6.08. The fraction of sp³-hybridized carbons (Fsp3) is 0.414. The smallest absolute Gasteiger partial charge is 0.408 e. The molecule has 3 rings (SSSR count). The van der Waals surface area contributed by atoms with E-state index >= 15 is 0 Å². The van der Waals surface area contributed by atoms with Crippen molar-refractivity contribution in [3.05, 3.63) is 77.9 Å². The molecule has 192 valence electrons. The highest BCUT2D eigenvalue weighted by molar-refractivity contribution is 5.92. The summed E-state index contributed by atoms with van der Waals surface area (Å²) in [7, 11) is 0. The third kappa shape index (κ3) is 7.20. The molecule has 2 aromatic carbocycles. The maximum absolute atomic E-state index is 13.8. The monoisotopic (exact) mass is 491 g/mol. The van der Waals surface area contributed by atoms with Crippen LogP contribution in [0.25, 0.3) is 6.08 Å². The first-order chi connectivity index (χ1) is 17.0. The topological polar surface area (TPSA) is 87.7 Å². The molecule has 1 aliphatic rings. The van der Waals surface area contributed by atoms with Crippen molar-refractivity contribution in [3.63, 3.8) is 0 Å². The number of ether oxygens (including phenoxy) is 1. The summed E-state index contributed by atoms with van der Waals surface area (Å²) in [6, 6.07) is 15.2. The molecule has 1 saturated carbocycles. The van der Waals surface area contributed by atoms with Crippen molar-refractivity contribution in [2.75, 3.05) is 0 Å². The van der Waals surface area contributed by atoms with E-state index in [9.17, 15) is 14.4 Å². The number of nitrogens with zero attached hydrogens (tertiary/aromatic N) is 1. The van der Waals surface area contributed by atoms with Crippen LogP contribution in [0.4, 0.5) is 4.79 Å². The molecule has 0 aromatic heterocycles. The van der Waals surface area contributed by atoms with Gasteiger partial charge in [-0.2, -0.15) is 0 Å². The van der Waals surface area contributed by atoms with E-state index in [4.69, 9.17) is 4.74 Å². The number of hydrogen-bond acceptors (Lipinski definition) is 4. The zero-order valence-corrected chi connectivity index (χ0v) is 21.8. The molecule has 36 heavy (non-hydrogen) atoms. The number of carbonyl (C=O) groups is 3. The maximum Gasteiger partial charge on any atom is 0.408 e. The highest BCUT2D eigenvalue weighted by Crippen LogP contribution is 2.40. The minimum Gasteiger partial charge on any atom is -0.444 e. The second-order valence-electron chi connectivity index (χ2n) is 10.4. The second kappa shape index (κ2) is 11.4. The Morgan fingerprint density at radius 3 is 2.39 bits per heavy atom. The molecular formula is C29H37N3O4. The molecule has 1 aliphatic carbocycles. The lowest BCUT2D eigenvalue weighted by Gasteiger charge is -2.34. The molecule has 0 bridgehead atoms. The minimum atomic E-state index is -0.875. The SMILES string of the molecule is C=Cc1cccc(C(C(=O)NCc2ccccc2)N(C(=O)C(C)NC(=O)OC(C)(C)C)C2CC2C)c1. The predicted octanol–water partition coefficient (Wildman–Crippen LogP) is 4.84. The number of carbonyl (C=O) groups excluding carboxylic acids is 3. The van der Waals surface area contributed by atoms with Gasteiger partial charge in [-0.1, -0.05) is 68.1 Å². The maximum atomic E-state index is 13.8. The number of amides is 3. The van der Waals surface area contributed by atoms with E-state index in [2.05, 4.69) is 24.1 Å². The van der Waals surface area contributed by atoms with Crippen molar-refractivity contribution in [1.29, 1.82) is 0 Å². The van der Waals surface area contributed by atoms with E-state index in [1.54, 1.807) is 38.7 Å². The van der Waals surface area contributed by atoms with Crippen molar-refractivity contribution >= 4 is 24.0 Å². The molecule has 0 heterocycles. The average Bonchev–Trinajstić information content (AvgIpc) is 3.55. The van der Waals surface area contributed by atoms with Gasteiger partial charge in [0.05, 0.1) is 0 Å². The summed E-state index contributed by atoms with van der Waals surface area (Å²) in [5.74, 6) is -0.370. The lowest BCUT2D eigenvalue weighted by atomic mass is 10.00. The predicted molar refractivity (Wildman–Crippen MR) is 141 cm³/mol. The number of rotatable bonds is 9. The van der Waals surface area contributed by atoms with E-state index in [0.717, 1.165) is 17.5 Å². The van der Waals surface area contributed by atoms with E-state index < -0.39 is 23.8 Å². The molecule has 0 spiro atoms. The van der Waals surface area contributed by atoms with Gasteiger partial charge in [-0.15, -0.1) is 0 Å². The molecule has 4 unspecified atom stereocenters. The van der Waals surface area contributed by atoms with Gasteiger partial charge in [0.2, 0.25) is 11.8 Å². The molecule has 3 amide bonds. The molecule has 2 aromatic rings. The normalized spacial score (nSPS) is 18.4. The van der Waals surface area contributed by atoms with Crippen LogP contribution in [0.5, 0.6) is 0 Å². The number of benzene rings is 2. The Labute approximate surface area is 213 Å². The van der Waals surface area contributed by atoms with E-state index in [1.807, 2.05) is 54.6 Å². The number of hydrogen-bond donors (Lipinski definition) is 2. The van der Waals surface area contributed by atoms with Gasteiger partial charge >= 0.3 is 6.09 Å². The zero-order valence-electron chi connectivity index (χ0n) is 21.8. The first-order valence-corrected chi connectivity index (χ1v) is 12.4. The van der Waals surface area contributed by atoms with Crippen molar-refractivity contribution in [1.82, 2.24) is 15.5 Å². The molecular weight excluding hydrogens is 454 g/mol. The molecule has 4 atom stereocenters. The van der Waals surface area contributed by atoms with Gasteiger partial charge in [0.15, 0.2) is 0 Å². The lowest BCUT2D eigenvalue weighted by molar-refractivity contribution is -0.143. The standard InChI is InChI=1S/C29H37N3O4/c1-7-21-14-11-15-23(17-21)25(26(33)30-18-22-12-9-8-10-13-22)32(24-16-19(24)2)27(34)20(3)31-28(35)36-29(4,5)6/h7-15,17,19-20,24-25H,1,16,18H2,2-6H3,(H,30,33)(H,31,35). The van der Waals surface area contributed by atoms with Gasteiger partial charge in [-0.25, -0.2) is 4.79 Å². The summed E-state index contributed by atoms with van der Waals surface area (Å²) in [5, 5.41) is 5.65. The Balaban J connectivity index is 1.91. The summed E-state index contributed by atoms with van der Waals surface area (Å²) in [4.78, 5) is 41.5. The van der Waals surface area contributed by atoms with Gasteiger partial charge in [0.25, 0.3) is 0 Å². The summed E-state index contributed by atoms with van der Waals surface area (Å²) in [6.07, 6.45) is 1.82. The molecule has 1 fully saturated rings. The van der Waals surface area contributed by atoms with Crippen molar-refractivity contribution in [3.8, 4) is 0 Å². The van der Waals surface area contributed by atoms with Crippen LogP contribution in [-0.4, -0.2) is 40.5 Å². The number of nitrogens with one attached hydrogen (secondary N) is 2. The summed E-state index contributed by atoms with van der Waals surface area (Å²) < 4.78 is 5.33. The molecule has 2 N–H and O–H groups in total. The highest BCUT2D eigenvalue weighted by atomic mass is 16.6. The summed E-state index contributed by atoms with van der Waals surface area (Å²) >= 11 is 0. The Morgan fingerprint density at radius 1 is 1.14 bits per heavy atom. The van der Waals surface area contributed by atoms with Crippen LogP contribution < -0.4 is 10.6 Å². The Hall–Kier alpha value is -3.61. The van der Waals surface area contributed by atoms with E-state index in [1.165, 1.54) is 0 Å². The van der Waals surface area contributed by atoms with Gasteiger partial charge in [0.1, 0.15) is 17.7 Å². The first kappa shape index (κ1) is 27.0. The first-order valence-electron chi connectivity index (χ1n) is 12.4. The number of alkyl carbamates (subject to hydrolysis) is 1. The van der Waals surface area contributed by atoms with Crippen LogP contribution >= 0.6 is 0 Å². The van der Waals surface area contributed by atoms with Crippen LogP contribution in [0.3, 0.4) is 0 Å².